The maximum absolute atomic E-state index is 13.0. The van der Waals surface area contributed by atoms with Gasteiger partial charge in [-0.25, -0.2) is 4.79 Å². The van der Waals surface area contributed by atoms with Crippen LogP contribution in [0.2, 0.25) is 5.02 Å². The van der Waals surface area contributed by atoms with Crippen LogP contribution in [0.5, 0.6) is 0 Å². The molecule has 2 aromatic carbocycles. The average Bonchev–Trinajstić information content (AvgIpc) is 2.75. The highest BCUT2D eigenvalue weighted by molar-refractivity contribution is 6.31. The van der Waals surface area contributed by atoms with E-state index in [0.29, 0.717) is 29.4 Å². The van der Waals surface area contributed by atoms with E-state index in [1.165, 1.54) is 18.2 Å². The number of aromatic nitrogens is 1. The molecule has 1 amide bonds. The van der Waals surface area contributed by atoms with Crippen molar-refractivity contribution in [3.05, 3.63) is 74.4 Å². The lowest BCUT2D eigenvalue weighted by Gasteiger charge is -2.26. The fourth-order valence-corrected chi connectivity index (χ4v) is 3.89. The average molecular weight is 455 g/mol. The number of nitrogens with one attached hydrogen (secondary N) is 1. The fraction of sp³-hybridized carbons (Fsp3) is 0.227. The molecule has 0 bridgehead atoms. The third-order valence-corrected chi connectivity index (χ3v) is 5.44. The summed E-state index contributed by atoms with van der Waals surface area (Å²) in [6.45, 7) is 0.760. The molecule has 10 heteroatoms. The van der Waals surface area contributed by atoms with Crippen molar-refractivity contribution in [3.63, 3.8) is 0 Å². The van der Waals surface area contributed by atoms with Crippen LogP contribution in [-0.4, -0.2) is 46.9 Å². The predicted octanol–water partition coefficient (Wildman–Crippen LogP) is 3.58. The van der Waals surface area contributed by atoms with E-state index < -0.39 is 23.4 Å². The summed E-state index contributed by atoms with van der Waals surface area (Å²) in [5, 5.41) is 14.4. The number of anilines is 1. The minimum absolute atomic E-state index is 0.0723. The monoisotopic (exact) mass is 454 g/mol. The van der Waals surface area contributed by atoms with Gasteiger partial charge in [0.1, 0.15) is 5.69 Å². The molecule has 9 nitrogen and oxygen atoms in total. The van der Waals surface area contributed by atoms with E-state index in [1.54, 1.807) is 6.07 Å². The quantitative estimate of drug-likeness (QED) is 0.356. The second-order valence-electron chi connectivity index (χ2n) is 7.46. The smallest absolute Gasteiger partial charge is 0.339 e. The van der Waals surface area contributed by atoms with Crippen molar-refractivity contribution in [1.82, 2.24) is 9.88 Å². The maximum atomic E-state index is 13.0. The Morgan fingerprint density at radius 1 is 1.28 bits per heavy atom. The third-order valence-electron chi connectivity index (χ3n) is 5.21. The Morgan fingerprint density at radius 2 is 2.06 bits per heavy atom. The number of carbonyl (C=O) groups is 2. The van der Waals surface area contributed by atoms with Gasteiger partial charge in [-0.2, -0.15) is 0 Å². The summed E-state index contributed by atoms with van der Waals surface area (Å²) in [6.07, 6.45) is 0.704. The number of benzene rings is 2. The molecule has 1 aliphatic rings. The van der Waals surface area contributed by atoms with E-state index in [2.05, 4.69) is 15.2 Å². The predicted molar refractivity (Wildman–Crippen MR) is 119 cm³/mol. The lowest BCUT2D eigenvalue weighted by Crippen LogP contribution is -2.30. The van der Waals surface area contributed by atoms with Crippen LogP contribution in [0.25, 0.3) is 10.9 Å². The normalized spacial score (nSPS) is 13.4. The summed E-state index contributed by atoms with van der Waals surface area (Å²) in [4.78, 5) is 42.7. The Morgan fingerprint density at radius 3 is 2.84 bits per heavy atom. The van der Waals surface area contributed by atoms with Crippen LogP contribution >= 0.6 is 11.6 Å². The molecular weight excluding hydrogens is 436 g/mol. The number of carbonyl (C=O) groups excluding carboxylic acids is 2. The van der Waals surface area contributed by atoms with Gasteiger partial charge in [-0.15, -0.1) is 0 Å². The summed E-state index contributed by atoms with van der Waals surface area (Å²) < 4.78 is 5.30. The van der Waals surface area contributed by atoms with Crippen LogP contribution in [0, 0.1) is 10.1 Å². The topological polar surface area (TPSA) is 115 Å². The number of amides is 1. The van der Waals surface area contributed by atoms with Crippen LogP contribution in [0.3, 0.4) is 0 Å². The van der Waals surface area contributed by atoms with Gasteiger partial charge in [-0.3, -0.25) is 19.9 Å². The van der Waals surface area contributed by atoms with Crippen molar-refractivity contribution >= 4 is 45.8 Å². The molecule has 32 heavy (non-hydrogen) atoms. The van der Waals surface area contributed by atoms with Gasteiger partial charge in [0, 0.05) is 47.2 Å². The first-order chi connectivity index (χ1) is 15.3. The number of nitrogens with zero attached hydrogens (tertiary/aromatic N) is 3. The second-order valence-corrected chi connectivity index (χ2v) is 7.90. The number of nitro benzene ring substituents is 1. The number of esters is 1. The number of para-hydroxylation sites is 1. The number of likely N-dealkylation sites (N-methyl/N-ethyl adjacent to an activating group) is 1. The largest absolute Gasteiger partial charge is 0.452 e. The Labute approximate surface area is 188 Å². The van der Waals surface area contributed by atoms with E-state index in [-0.39, 0.29) is 16.4 Å². The fourth-order valence-electron chi connectivity index (χ4n) is 3.72. The summed E-state index contributed by atoms with van der Waals surface area (Å²) in [5.74, 6) is -1.36. The molecule has 0 aliphatic carbocycles. The number of nitro groups is 1. The molecule has 0 saturated heterocycles. The molecular formula is C22H19ClN4O5. The highest BCUT2D eigenvalue weighted by atomic mass is 35.5. The molecule has 3 aromatic rings. The van der Waals surface area contributed by atoms with Crippen LogP contribution in [0.15, 0.2) is 42.5 Å². The van der Waals surface area contributed by atoms with Gasteiger partial charge in [0.2, 0.25) is 0 Å². The van der Waals surface area contributed by atoms with Gasteiger partial charge < -0.3 is 15.0 Å². The van der Waals surface area contributed by atoms with Gasteiger partial charge in [0.05, 0.1) is 16.0 Å². The molecule has 4 rings (SSSR count). The summed E-state index contributed by atoms with van der Waals surface area (Å²) in [5.41, 5.74) is 2.31. The first-order valence-electron chi connectivity index (χ1n) is 9.83. The molecule has 0 saturated carbocycles. The molecule has 0 fully saturated rings. The minimum Gasteiger partial charge on any atom is -0.452 e. The first-order valence-corrected chi connectivity index (χ1v) is 10.2. The van der Waals surface area contributed by atoms with Crippen molar-refractivity contribution in [2.75, 3.05) is 25.5 Å². The second kappa shape index (κ2) is 8.89. The lowest BCUT2D eigenvalue weighted by molar-refractivity contribution is -0.383. The van der Waals surface area contributed by atoms with Crippen molar-refractivity contribution < 1.29 is 19.2 Å². The molecule has 0 atom stereocenters. The Balaban J connectivity index is 1.56. The van der Waals surface area contributed by atoms with Crippen molar-refractivity contribution in [3.8, 4) is 0 Å². The number of halogens is 1. The number of pyridine rings is 1. The number of ether oxygens (including phenoxy) is 1. The Kier molecular flexibility index (Phi) is 6.02. The van der Waals surface area contributed by atoms with Gasteiger partial charge in [0.25, 0.3) is 11.6 Å². The molecule has 1 aliphatic heterocycles. The van der Waals surface area contributed by atoms with Gasteiger partial charge >= 0.3 is 5.97 Å². The Bertz CT molecular complexity index is 1250. The van der Waals surface area contributed by atoms with E-state index in [4.69, 9.17) is 16.3 Å². The van der Waals surface area contributed by atoms with Gasteiger partial charge in [-0.05, 0) is 25.2 Å². The number of hydrogen-bond acceptors (Lipinski definition) is 7. The Hall–Kier alpha value is -3.56. The minimum atomic E-state index is -0.715. The molecule has 1 aromatic heterocycles. The highest BCUT2D eigenvalue weighted by Gasteiger charge is 2.26. The van der Waals surface area contributed by atoms with Crippen molar-refractivity contribution in [1.29, 1.82) is 0 Å². The summed E-state index contributed by atoms with van der Waals surface area (Å²) >= 11 is 5.88. The van der Waals surface area contributed by atoms with Crippen LogP contribution in [0.1, 0.15) is 21.6 Å². The van der Waals surface area contributed by atoms with E-state index >= 15 is 0 Å². The van der Waals surface area contributed by atoms with E-state index in [0.717, 1.165) is 17.8 Å². The third kappa shape index (κ3) is 4.39. The zero-order valence-corrected chi connectivity index (χ0v) is 17.9. The standard InChI is InChI=1S/C22H19ClN4O5/c1-26-9-8-17-15(11-26)21(14-4-2-3-5-16(14)24-17)22(29)32-12-20(28)25-18-10-13(23)6-7-19(18)27(30)31/h2-7,10H,8-9,11-12H2,1H3,(H,25,28). The van der Waals surface area contributed by atoms with E-state index in [1.807, 2.05) is 25.2 Å². The zero-order chi connectivity index (χ0) is 22.8. The van der Waals surface area contributed by atoms with Gasteiger partial charge in [-0.1, -0.05) is 29.8 Å². The highest BCUT2D eigenvalue weighted by Crippen LogP contribution is 2.29. The van der Waals surface area contributed by atoms with Crippen LogP contribution in [0.4, 0.5) is 11.4 Å². The van der Waals surface area contributed by atoms with E-state index in [9.17, 15) is 19.7 Å². The first kappa shape index (κ1) is 21.7. The number of hydrogen-bond donors (Lipinski definition) is 1. The molecule has 0 unspecified atom stereocenters. The van der Waals surface area contributed by atoms with Crippen molar-refractivity contribution in [2.24, 2.45) is 0 Å². The lowest BCUT2D eigenvalue weighted by atomic mass is 9.96. The number of fused-ring (bicyclic) bond motifs is 2. The van der Waals surface area contributed by atoms with Crippen LogP contribution in [-0.2, 0) is 22.5 Å². The molecule has 164 valence electrons. The zero-order valence-electron chi connectivity index (χ0n) is 17.1. The summed E-state index contributed by atoms with van der Waals surface area (Å²) in [7, 11) is 1.96. The molecule has 1 N–H and O–H groups in total. The number of rotatable bonds is 5. The maximum Gasteiger partial charge on any atom is 0.339 e. The molecule has 2 heterocycles. The van der Waals surface area contributed by atoms with Gasteiger partial charge in [0.15, 0.2) is 6.61 Å². The van der Waals surface area contributed by atoms with Crippen LogP contribution < -0.4 is 5.32 Å². The molecule has 0 radical (unpaired) electrons. The van der Waals surface area contributed by atoms with Crippen molar-refractivity contribution in [2.45, 2.75) is 13.0 Å². The SMILES string of the molecule is CN1CCc2nc3ccccc3c(C(=O)OCC(=O)Nc3cc(Cl)ccc3[N+](=O)[O-])c2C1. The molecule has 0 spiro atoms. The summed E-state index contributed by atoms with van der Waals surface area (Å²) in [6, 6.07) is 11.1.